The van der Waals surface area contributed by atoms with Crippen LogP contribution in [-0.4, -0.2) is 58.3 Å². The third-order valence-corrected chi connectivity index (χ3v) is 6.69. The highest BCUT2D eigenvalue weighted by molar-refractivity contribution is 6.30. The van der Waals surface area contributed by atoms with Crippen molar-refractivity contribution in [3.05, 3.63) is 47.6 Å². The average Bonchev–Trinajstić information content (AvgIpc) is 3.42. The largest absolute Gasteiger partial charge is 0.355 e. The first kappa shape index (κ1) is 21.7. The summed E-state index contributed by atoms with van der Waals surface area (Å²) in [4.78, 5) is 11.2. The van der Waals surface area contributed by atoms with E-state index in [0.717, 1.165) is 17.1 Å². The molecule has 3 aliphatic rings. The molecule has 178 valence electrons. The second-order valence-corrected chi connectivity index (χ2v) is 9.65. The Morgan fingerprint density at radius 1 is 1.06 bits per heavy atom. The lowest BCUT2D eigenvalue weighted by Gasteiger charge is -2.59. The lowest BCUT2D eigenvalue weighted by Crippen LogP contribution is -2.66. The predicted molar refractivity (Wildman–Crippen MR) is 123 cm³/mol. The predicted octanol–water partition coefficient (Wildman–Crippen LogP) is 4.35. The van der Waals surface area contributed by atoms with Crippen LogP contribution in [0.25, 0.3) is 11.4 Å². The van der Waals surface area contributed by atoms with Gasteiger partial charge in [0, 0.05) is 53.8 Å². The fraction of sp³-hybridized carbons (Fsp3) is 0.435. The second kappa shape index (κ2) is 8.14. The summed E-state index contributed by atoms with van der Waals surface area (Å²) in [6.07, 6.45) is 1.28. The van der Waals surface area contributed by atoms with Crippen molar-refractivity contribution in [1.82, 2.24) is 19.7 Å². The molecular formula is C23H23ClF2N6O2. The zero-order chi connectivity index (χ0) is 23.3. The summed E-state index contributed by atoms with van der Waals surface area (Å²) in [5.74, 6) is -0.681. The van der Waals surface area contributed by atoms with Crippen LogP contribution in [0.1, 0.15) is 12.8 Å². The van der Waals surface area contributed by atoms with Gasteiger partial charge in [-0.25, -0.2) is 18.4 Å². The van der Waals surface area contributed by atoms with E-state index in [1.54, 1.807) is 23.0 Å². The Labute approximate surface area is 199 Å². The smallest absolute Gasteiger partial charge is 0.249 e. The molecule has 4 heterocycles. The Morgan fingerprint density at radius 2 is 1.79 bits per heavy atom. The Bertz CT molecular complexity index is 1170. The van der Waals surface area contributed by atoms with E-state index in [1.165, 1.54) is 0 Å². The van der Waals surface area contributed by atoms with E-state index in [-0.39, 0.29) is 18.3 Å². The summed E-state index contributed by atoms with van der Waals surface area (Å²) in [5.41, 5.74) is 1.33. The fourth-order valence-corrected chi connectivity index (χ4v) is 5.03. The molecule has 0 bridgehead atoms. The number of aromatic nitrogens is 4. The molecule has 1 aliphatic carbocycles. The lowest BCUT2D eigenvalue weighted by molar-refractivity contribution is -0.170. The molecule has 3 aromatic rings. The summed E-state index contributed by atoms with van der Waals surface area (Å²) in [7, 11) is 0. The molecular weight excluding hydrogens is 466 g/mol. The molecule has 8 nitrogen and oxygen atoms in total. The van der Waals surface area contributed by atoms with Gasteiger partial charge in [-0.2, -0.15) is 4.98 Å². The van der Waals surface area contributed by atoms with E-state index in [4.69, 9.17) is 21.1 Å². The first-order chi connectivity index (χ1) is 16.4. The van der Waals surface area contributed by atoms with Crippen LogP contribution in [0.4, 0.5) is 26.2 Å². The van der Waals surface area contributed by atoms with Crippen molar-refractivity contribution in [3.63, 3.8) is 0 Å². The molecule has 6 rings (SSSR count). The van der Waals surface area contributed by atoms with Crippen molar-refractivity contribution in [1.29, 1.82) is 0 Å². The van der Waals surface area contributed by atoms with E-state index in [9.17, 15) is 8.78 Å². The van der Waals surface area contributed by atoms with E-state index in [0.29, 0.717) is 49.6 Å². The normalized spacial score (nSPS) is 20.9. The first-order valence-electron chi connectivity index (χ1n) is 11.2. The third-order valence-electron chi connectivity index (χ3n) is 6.43. The fourth-order valence-electron chi connectivity index (χ4n) is 4.90. The maximum Gasteiger partial charge on any atom is 0.249 e. The number of alkyl halides is 2. The molecule has 1 spiro atoms. The van der Waals surface area contributed by atoms with Crippen molar-refractivity contribution in [3.8, 4) is 11.4 Å². The molecule has 0 atom stereocenters. The molecule has 2 aliphatic heterocycles. The van der Waals surface area contributed by atoms with E-state index in [2.05, 4.69) is 20.4 Å². The highest BCUT2D eigenvalue weighted by Gasteiger charge is 2.61. The molecule has 2 aromatic heterocycles. The van der Waals surface area contributed by atoms with Crippen LogP contribution in [0.5, 0.6) is 0 Å². The van der Waals surface area contributed by atoms with Gasteiger partial charge in [-0.3, -0.25) is 0 Å². The number of nitrogens with one attached hydrogen (secondary N) is 1. The van der Waals surface area contributed by atoms with Crippen molar-refractivity contribution in [2.75, 3.05) is 36.5 Å². The number of pyridine rings is 1. The van der Waals surface area contributed by atoms with Crippen LogP contribution in [0, 0.1) is 5.41 Å². The molecule has 3 fully saturated rings. The summed E-state index contributed by atoms with van der Waals surface area (Å²) in [6, 6.07) is 11.1. The van der Waals surface area contributed by atoms with Gasteiger partial charge in [0.2, 0.25) is 11.9 Å². The van der Waals surface area contributed by atoms with Crippen molar-refractivity contribution >= 4 is 29.1 Å². The van der Waals surface area contributed by atoms with Gasteiger partial charge < -0.3 is 19.7 Å². The zero-order valence-corrected chi connectivity index (χ0v) is 19.0. The molecule has 1 aromatic carbocycles. The van der Waals surface area contributed by atoms with Gasteiger partial charge in [0.05, 0.1) is 19.8 Å². The van der Waals surface area contributed by atoms with Crippen molar-refractivity contribution in [2.45, 2.75) is 31.6 Å². The second-order valence-electron chi connectivity index (χ2n) is 9.21. The summed E-state index contributed by atoms with van der Waals surface area (Å²) >= 11 is 5.99. The highest BCUT2D eigenvalue weighted by Crippen LogP contribution is 2.57. The molecule has 11 heteroatoms. The minimum atomic E-state index is -2.50. The Hall–Kier alpha value is -2.82. The molecule has 1 N–H and O–H groups in total. The zero-order valence-electron chi connectivity index (χ0n) is 18.3. The Balaban J connectivity index is 1.19. The maximum atomic E-state index is 13.3. The molecule has 0 radical (unpaired) electrons. The van der Waals surface area contributed by atoms with Crippen LogP contribution in [-0.2, 0) is 16.0 Å². The highest BCUT2D eigenvalue weighted by atomic mass is 35.5. The molecule has 0 unspecified atom stereocenters. The van der Waals surface area contributed by atoms with Crippen LogP contribution >= 0.6 is 11.6 Å². The number of benzene rings is 1. The van der Waals surface area contributed by atoms with Crippen molar-refractivity contribution in [2.24, 2.45) is 5.41 Å². The maximum absolute atomic E-state index is 13.3. The van der Waals surface area contributed by atoms with Crippen LogP contribution in [0.15, 0.2) is 42.6 Å². The number of ether oxygens (including phenoxy) is 2. The minimum Gasteiger partial charge on any atom is -0.355 e. The number of halogens is 3. The van der Waals surface area contributed by atoms with Gasteiger partial charge in [-0.05, 0) is 36.4 Å². The van der Waals surface area contributed by atoms with Gasteiger partial charge in [0.25, 0.3) is 0 Å². The van der Waals surface area contributed by atoms with Crippen LogP contribution in [0.3, 0.4) is 0 Å². The number of anilines is 3. The van der Waals surface area contributed by atoms with Crippen LogP contribution < -0.4 is 10.2 Å². The number of hydrogen-bond donors (Lipinski definition) is 1. The summed E-state index contributed by atoms with van der Waals surface area (Å²) in [6.45, 7) is 2.73. The Morgan fingerprint density at radius 3 is 2.44 bits per heavy atom. The average molecular weight is 489 g/mol. The van der Waals surface area contributed by atoms with Gasteiger partial charge in [0.1, 0.15) is 5.82 Å². The van der Waals surface area contributed by atoms with Gasteiger partial charge in [-0.1, -0.05) is 11.6 Å². The van der Waals surface area contributed by atoms with Crippen molar-refractivity contribution < 1.29 is 18.3 Å². The third kappa shape index (κ3) is 4.21. The summed E-state index contributed by atoms with van der Waals surface area (Å²) in [5, 5.41) is 8.56. The van der Waals surface area contributed by atoms with E-state index in [1.807, 2.05) is 29.2 Å². The molecule has 2 saturated heterocycles. The van der Waals surface area contributed by atoms with Crippen LogP contribution in [0.2, 0.25) is 5.02 Å². The van der Waals surface area contributed by atoms with E-state index >= 15 is 0 Å². The number of hydrogen-bond acceptors (Lipinski definition) is 7. The molecule has 0 amide bonds. The first-order valence-corrected chi connectivity index (χ1v) is 11.5. The van der Waals surface area contributed by atoms with E-state index < -0.39 is 12.2 Å². The lowest BCUT2D eigenvalue weighted by atomic mass is 9.61. The monoisotopic (exact) mass is 488 g/mol. The number of nitrogens with zero attached hydrogens (tertiary/aromatic N) is 5. The van der Waals surface area contributed by atoms with Gasteiger partial charge in [-0.15, -0.1) is 5.10 Å². The van der Waals surface area contributed by atoms with Gasteiger partial charge in [0.15, 0.2) is 12.1 Å². The summed E-state index contributed by atoms with van der Waals surface area (Å²) < 4.78 is 39.4. The topological polar surface area (TPSA) is 77.3 Å². The minimum absolute atomic E-state index is 0.0201. The molecule has 1 saturated carbocycles. The number of rotatable bonds is 6. The molecule has 34 heavy (non-hydrogen) atoms. The SMILES string of the molecule is FC1(F)CC2(CN(c3ccc(-c4nc(Nc5ccc(Cl)cc5)n(CC5OCCO5)n4)cn3)C2)C1. The Kier molecular flexibility index (Phi) is 5.20. The quantitative estimate of drug-likeness (QED) is 0.553. The standard InChI is InChI=1S/C23H23ClF2N6O2/c24-16-2-4-17(5-3-16)28-21-29-20(30-32(21)10-19-33-7-8-34-19)15-1-6-18(27-9-15)31-13-22(14-31)11-23(25,26)12-22/h1-6,9,19H,7-8,10-14H2,(H,28,29,30). The van der Waals surface area contributed by atoms with Gasteiger partial charge >= 0.3 is 0 Å².